The van der Waals surface area contributed by atoms with E-state index >= 15 is 0 Å². The Hall–Kier alpha value is -2.14. The Bertz CT molecular complexity index is 573. The number of rotatable bonds is 3. The smallest absolute Gasteiger partial charge is 0.273 e. The van der Waals surface area contributed by atoms with Crippen LogP contribution in [0.1, 0.15) is 29.4 Å². The summed E-state index contributed by atoms with van der Waals surface area (Å²) in [4.78, 5) is 16.5. The quantitative estimate of drug-likeness (QED) is 0.897. The molecule has 2 aromatic rings. The Kier molecular flexibility index (Phi) is 3.78. The van der Waals surface area contributed by atoms with Gasteiger partial charge in [-0.05, 0) is 50.2 Å². The fraction of sp³-hybridized carbons (Fsp3) is 0.333. The molecule has 3 rings (SSSR count). The molecule has 20 heavy (non-hydrogen) atoms. The van der Waals surface area contributed by atoms with Crippen molar-refractivity contribution in [3.63, 3.8) is 0 Å². The second-order valence-electron chi connectivity index (χ2n) is 4.95. The highest BCUT2D eigenvalue weighted by molar-refractivity contribution is 6.02. The molecule has 3 heterocycles. The van der Waals surface area contributed by atoms with Crippen LogP contribution < -0.4 is 10.6 Å². The molecule has 0 atom stereocenters. The van der Waals surface area contributed by atoms with Crippen molar-refractivity contribution >= 4 is 11.7 Å². The van der Waals surface area contributed by atoms with Crippen LogP contribution in [-0.2, 0) is 0 Å². The predicted octanol–water partition coefficient (Wildman–Crippen LogP) is 2.06. The van der Waals surface area contributed by atoms with Crippen molar-refractivity contribution in [1.29, 1.82) is 0 Å². The lowest BCUT2D eigenvalue weighted by molar-refractivity contribution is 0.101. The van der Waals surface area contributed by atoms with E-state index in [0.29, 0.717) is 17.6 Å². The third kappa shape index (κ3) is 2.72. The maximum Gasteiger partial charge on any atom is 0.273 e. The van der Waals surface area contributed by atoms with E-state index in [9.17, 15) is 4.79 Å². The first-order chi connectivity index (χ1) is 9.84. The van der Waals surface area contributed by atoms with Gasteiger partial charge in [-0.1, -0.05) is 6.07 Å². The number of carbonyl (C=O) groups excluding carboxylic acids is 1. The summed E-state index contributed by atoms with van der Waals surface area (Å²) in [6.07, 6.45) is 5.77. The lowest BCUT2D eigenvalue weighted by atomic mass is 10.1. The topological polar surface area (TPSA) is 59.0 Å². The number of amides is 1. The molecule has 5 nitrogen and oxygen atoms in total. The number of nitrogens with one attached hydrogen (secondary N) is 2. The van der Waals surface area contributed by atoms with E-state index in [0.717, 1.165) is 25.9 Å². The zero-order chi connectivity index (χ0) is 13.8. The van der Waals surface area contributed by atoms with Crippen molar-refractivity contribution < 1.29 is 4.79 Å². The number of piperidine rings is 1. The molecule has 1 saturated heterocycles. The van der Waals surface area contributed by atoms with Gasteiger partial charge in [-0.2, -0.15) is 0 Å². The van der Waals surface area contributed by atoms with Gasteiger partial charge in [0.15, 0.2) is 0 Å². The molecule has 1 aliphatic heterocycles. The molecule has 0 saturated carbocycles. The molecule has 1 aliphatic rings. The van der Waals surface area contributed by atoms with Crippen LogP contribution in [0.4, 0.5) is 5.82 Å². The third-order valence-electron chi connectivity index (χ3n) is 3.62. The lowest BCUT2D eigenvalue weighted by Crippen LogP contribution is -2.31. The minimum absolute atomic E-state index is 0.104. The van der Waals surface area contributed by atoms with E-state index in [4.69, 9.17) is 0 Å². The van der Waals surface area contributed by atoms with Crippen LogP contribution in [0, 0.1) is 0 Å². The molecule has 2 aromatic heterocycles. The van der Waals surface area contributed by atoms with Gasteiger partial charge in [-0.3, -0.25) is 4.79 Å². The standard InChI is InChI=1S/C15H18N4O/c20-15(18-14-5-1-2-8-17-14)13-4-3-11-19(13)12-6-9-16-10-7-12/h1-5,8,11-12,16H,6-7,9-10H2,(H,17,18,20). The number of pyridine rings is 1. The number of carbonyl (C=O) groups is 1. The molecule has 1 fully saturated rings. The van der Waals surface area contributed by atoms with Gasteiger partial charge in [0.2, 0.25) is 0 Å². The molecule has 0 bridgehead atoms. The van der Waals surface area contributed by atoms with Gasteiger partial charge < -0.3 is 15.2 Å². The fourth-order valence-electron chi connectivity index (χ4n) is 2.61. The Balaban J connectivity index is 1.77. The zero-order valence-corrected chi connectivity index (χ0v) is 11.2. The van der Waals surface area contributed by atoms with Crippen molar-refractivity contribution in [2.24, 2.45) is 0 Å². The third-order valence-corrected chi connectivity index (χ3v) is 3.62. The first kappa shape index (κ1) is 12.9. The Morgan fingerprint density at radius 1 is 1.25 bits per heavy atom. The predicted molar refractivity (Wildman–Crippen MR) is 77.8 cm³/mol. The van der Waals surface area contributed by atoms with Crippen LogP contribution in [0.15, 0.2) is 42.7 Å². The highest BCUT2D eigenvalue weighted by Gasteiger charge is 2.20. The summed E-state index contributed by atoms with van der Waals surface area (Å²) in [7, 11) is 0. The molecule has 0 aromatic carbocycles. The average Bonchev–Trinajstić information content (AvgIpc) is 2.99. The summed E-state index contributed by atoms with van der Waals surface area (Å²) in [5.74, 6) is 0.475. The van der Waals surface area contributed by atoms with E-state index in [2.05, 4.69) is 20.2 Å². The molecular weight excluding hydrogens is 252 g/mol. The van der Waals surface area contributed by atoms with E-state index in [1.165, 1.54) is 0 Å². The highest BCUT2D eigenvalue weighted by Crippen LogP contribution is 2.21. The molecule has 0 spiro atoms. The van der Waals surface area contributed by atoms with Gasteiger partial charge >= 0.3 is 0 Å². The number of nitrogens with zero attached hydrogens (tertiary/aromatic N) is 2. The Morgan fingerprint density at radius 2 is 2.10 bits per heavy atom. The SMILES string of the molecule is O=C(Nc1ccccn1)c1cccn1C1CCNCC1. The molecule has 0 aliphatic carbocycles. The second kappa shape index (κ2) is 5.88. The summed E-state index contributed by atoms with van der Waals surface area (Å²) >= 11 is 0. The van der Waals surface area contributed by atoms with Gasteiger partial charge in [0.25, 0.3) is 5.91 Å². The summed E-state index contributed by atoms with van der Waals surface area (Å²) in [6, 6.07) is 9.66. The van der Waals surface area contributed by atoms with E-state index in [-0.39, 0.29) is 5.91 Å². The zero-order valence-electron chi connectivity index (χ0n) is 11.2. The van der Waals surface area contributed by atoms with Crippen molar-refractivity contribution in [2.45, 2.75) is 18.9 Å². The molecule has 5 heteroatoms. The van der Waals surface area contributed by atoms with Crippen molar-refractivity contribution in [2.75, 3.05) is 18.4 Å². The second-order valence-corrected chi connectivity index (χ2v) is 4.95. The molecule has 0 unspecified atom stereocenters. The van der Waals surface area contributed by atoms with Gasteiger partial charge in [0.1, 0.15) is 11.5 Å². The number of anilines is 1. The van der Waals surface area contributed by atoms with Crippen molar-refractivity contribution in [3.8, 4) is 0 Å². The van der Waals surface area contributed by atoms with Gasteiger partial charge in [0.05, 0.1) is 0 Å². The van der Waals surface area contributed by atoms with Gasteiger partial charge in [-0.25, -0.2) is 4.98 Å². The maximum atomic E-state index is 12.4. The van der Waals surface area contributed by atoms with E-state index < -0.39 is 0 Å². The molecular formula is C15H18N4O. The Labute approximate surface area is 118 Å². The minimum atomic E-state index is -0.104. The number of aromatic nitrogens is 2. The average molecular weight is 270 g/mol. The van der Waals surface area contributed by atoms with Gasteiger partial charge in [0, 0.05) is 18.4 Å². The molecule has 104 valence electrons. The first-order valence-electron chi connectivity index (χ1n) is 6.94. The molecule has 2 N–H and O–H groups in total. The van der Waals surface area contributed by atoms with Crippen molar-refractivity contribution in [1.82, 2.24) is 14.9 Å². The first-order valence-corrected chi connectivity index (χ1v) is 6.94. The Morgan fingerprint density at radius 3 is 2.85 bits per heavy atom. The van der Waals surface area contributed by atoms with Crippen molar-refractivity contribution in [3.05, 3.63) is 48.4 Å². The van der Waals surface area contributed by atoms with Gasteiger partial charge in [-0.15, -0.1) is 0 Å². The van der Waals surface area contributed by atoms with E-state index in [1.54, 1.807) is 12.3 Å². The van der Waals surface area contributed by atoms with Crippen LogP contribution in [0.5, 0.6) is 0 Å². The summed E-state index contributed by atoms with van der Waals surface area (Å²) in [5.41, 5.74) is 0.697. The van der Waals surface area contributed by atoms with Crippen LogP contribution >= 0.6 is 0 Å². The summed E-state index contributed by atoms with van der Waals surface area (Å²) in [5, 5.41) is 6.18. The van der Waals surface area contributed by atoms with E-state index in [1.807, 2.05) is 30.5 Å². The summed E-state index contributed by atoms with van der Waals surface area (Å²) < 4.78 is 2.08. The maximum absolute atomic E-state index is 12.4. The van der Waals surface area contributed by atoms with Crippen LogP contribution in [0.25, 0.3) is 0 Å². The van der Waals surface area contributed by atoms with Crippen LogP contribution in [0.2, 0.25) is 0 Å². The summed E-state index contributed by atoms with van der Waals surface area (Å²) in [6.45, 7) is 2.01. The number of hydrogen-bond donors (Lipinski definition) is 2. The highest BCUT2D eigenvalue weighted by atomic mass is 16.2. The minimum Gasteiger partial charge on any atom is -0.340 e. The molecule has 1 amide bonds. The lowest BCUT2D eigenvalue weighted by Gasteiger charge is -2.25. The fourth-order valence-corrected chi connectivity index (χ4v) is 2.61. The molecule has 0 radical (unpaired) electrons. The normalized spacial score (nSPS) is 16.0. The largest absolute Gasteiger partial charge is 0.340 e. The number of hydrogen-bond acceptors (Lipinski definition) is 3. The van der Waals surface area contributed by atoms with Crippen LogP contribution in [-0.4, -0.2) is 28.5 Å². The monoisotopic (exact) mass is 270 g/mol. The van der Waals surface area contributed by atoms with Crippen LogP contribution in [0.3, 0.4) is 0 Å².